The Kier molecular flexibility index (Phi) is 3.74. The largest absolute Gasteiger partial charge is 0.472 e. The van der Waals surface area contributed by atoms with Gasteiger partial charge < -0.3 is 14.1 Å². The van der Waals surface area contributed by atoms with E-state index in [-0.39, 0.29) is 5.63 Å². The van der Waals surface area contributed by atoms with Crippen molar-refractivity contribution in [3.63, 3.8) is 0 Å². The van der Waals surface area contributed by atoms with E-state index in [1.54, 1.807) is 0 Å². The topological polar surface area (TPSA) is 42.7 Å². The van der Waals surface area contributed by atoms with Gasteiger partial charge in [0.25, 0.3) is 0 Å². The van der Waals surface area contributed by atoms with Crippen molar-refractivity contribution in [3.8, 4) is 5.75 Å². The molecule has 5 rings (SSSR count). The van der Waals surface area contributed by atoms with Crippen molar-refractivity contribution in [2.75, 3.05) is 11.6 Å². The van der Waals surface area contributed by atoms with Gasteiger partial charge in [0.15, 0.2) is 6.73 Å². The maximum atomic E-state index is 12.5. The number of hydrogen-bond acceptors (Lipinski definition) is 4. The first-order chi connectivity index (χ1) is 13.1. The molecule has 0 fully saturated rings. The fourth-order valence-electron chi connectivity index (χ4n) is 4.57. The summed E-state index contributed by atoms with van der Waals surface area (Å²) < 4.78 is 11.9. The highest BCUT2D eigenvalue weighted by molar-refractivity contribution is 5.87. The van der Waals surface area contributed by atoms with Gasteiger partial charge in [0.1, 0.15) is 11.3 Å². The monoisotopic (exact) mass is 361 g/mol. The molecule has 0 spiro atoms. The molecule has 4 heteroatoms. The van der Waals surface area contributed by atoms with E-state index in [9.17, 15) is 4.79 Å². The summed E-state index contributed by atoms with van der Waals surface area (Å²) in [6, 6.07) is 10.6. The lowest BCUT2D eigenvalue weighted by Crippen LogP contribution is -2.32. The molecule has 0 amide bonds. The van der Waals surface area contributed by atoms with Crippen LogP contribution in [0.15, 0.2) is 39.5 Å². The number of fused-ring (bicyclic) bond motifs is 4. The average Bonchev–Trinajstić information content (AvgIpc) is 2.69. The third-order valence-electron chi connectivity index (χ3n) is 5.95. The Bertz CT molecular complexity index is 1110. The molecular weight excluding hydrogens is 338 g/mol. The molecule has 0 atom stereocenters. The first-order valence-electron chi connectivity index (χ1n) is 9.68. The summed E-state index contributed by atoms with van der Waals surface area (Å²) in [6.07, 6.45) is 3.98. The first kappa shape index (κ1) is 16.4. The van der Waals surface area contributed by atoms with Crippen molar-refractivity contribution in [1.82, 2.24) is 0 Å². The molecule has 2 aliphatic rings. The van der Waals surface area contributed by atoms with Crippen LogP contribution in [0.2, 0.25) is 0 Å². The van der Waals surface area contributed by atoms with Gasteiger partial charge in [0.05, 0.1) is 0 Å². The van der Waals surface area contributed by atoms with E-state index in [0.717, 1.165) is 60.1 Å². The highest BCUT2D eigenvalue weighted by atomic mass is 16.5. The van der Waals surface area contributed by atoms with Crippen LogP contribution >= 0.6 is 0 Å². The van der Waals surface area contributed by atoms with E-state index in [0.29, 0.717) is 12.3 Å². The lowest BCUT2D eigenvalue weighted by Gasteiger charge is -2.33. The van der Waals surface area contributed by atoms with Crippen LogP contribution in [-0.2, 0) is 19.4 Å². The summed E-state index contributed by atoms with van der Waals surface area (Å²) in [4.78, 5) is 14.7. The zero-order valence-corrected chi connectivity index (χ0v) is 15.8. The van der Waals surface area contributed by atoms with Gasteiger partial charge in [-0.05, 0) is 62.8 Å². The molecule has 3 aromatic rings. The smallest absolute Gasteiger partial charge is 0.339 e. The molecule has 1 aliphatic heterocycles. The Hall–Kier alpha value is -2.75. The fraction of sp³-hybridized carbons (Fsp3) is 0.348. The number of anilines is 1. The van der Waals surface area contributed by atoms with Crippen LogP contribution < -0.4 is 15.3 Å². The molecule has 27 heavy (non-hydrogen) atoms. The Morgan fingerprint density at radius 1 is 1.04 bits per heavy atom. The second-order valence-corrected chi connectivity index (χ2v) is 7.68. The van der Waals surface area contributed by atoms with E-state index in [1.807, 2.05) is 6.92 Å². The van der Waals surface area contributed by atoms with Crippen LogP contribution in [0, 0.1) is 13.8 Å². The molecular formula is C23H23NO3. The third-order valence-corrected chi connectivity index (χ3v) is 5.95. The molecule has 0 bridgehead atoms. The molecule has 2 aromatic carbocycles. The van der Waals surface area contributed by atoms with Crippen molar-refractivity contribution < 1.29 is 9.15 Å². The Morgan fingerprint density at radius 3 is 2.63 bits per heavy atom. The Labute approximate surface area is 158 Å². The number of aryl methyl sites for hydroxylation is 3. The van der Waals surface area contributed by atoms with E-state index < -0.39 is 0 Å². The minimum atomic E-state index is -0.169. The normalized spacial score (nSPS) is 16.0. The van der Waals surface area contributed by atoms with Gasteiger partial charge in [-0.25, -0.2) is 4.79 Å². The molecule has 4 nitrogen and oxygen atoms in total. The minimum absolute atomic E-state index is 0.169. The van der Waals surface area contributed by atoms with Crippen molar-refractivity contribution in [1.29, 1.82) is 0 Å². The summed E-state index contributed by atoms with van der Waals surface area (Å²) >= 11 is 0. The van der Waals surface area contributed by atoms with Crippen LogP contribution in [0.25, 0.3) is 11.0 Å². The number of benzene rings is 2. The lowest BCUT2D eigenvalue weighted by atomic mass is 9.89. The van der Waals surface area contributed by atoms with Crippen molar-refractivity contribution in [2.24, 2.45) is 0 Å². The molecule has 0 saturated heterocycles. The molecule has 138 valence electrons. The van der Waals surface area contributed by atoms with Gasteiger partial charge in [-0.15, -0.1) is 0 Å². The summed E-state index contributed by atoms with van der Waals surface area (Å²) in [7, 11) is 0. The van der Waals surface area contributed by atoms with Crippen molar-refractivity contribution in [2.45, 2.75) is 46.1 Å². The Balaban J connectivity index is 1.67. The number of hydrogen-bond donors (Lipinski definition) is 0. The van der Waals surface area contributed by atoms with E-state index >= 15 is 0 Å². The molecule has 1 aromatic heterocycles. The van der Waals surface area contributed by atoms with Crippen molar-refractivity contribution >= 4 is 16.7 Å². The molecule has 2 heterocycles. The second kappa shape index (κ2) is 6.15. The minimum Gasteiger partial charge on any atom is -0.472 e. The SMILES string of the molecule is Cc1ccccc1N1COc2c(cc3c4c(c(=O)oc3c2C)CCCC4)C1. The first-order valence-corrected chi connectivity index (χ1v) is 9.68. The number of nitrogens with zero attached hydrogens (tertiary/aromatic N) is 1. The molecule has 0 radical (unpaired) electrons. The number of para-hydroxylation sites is 1. The number of rotatable bonds is 1. The average molecular weight is 361 g/mol. The van der Waals surface area contributed by atoms with Gasteiger partial charge in [-0.2, -0.15) is 0 Å². The highest BCUT2D eigenvalue weighted by Crippen LogP contribution is 2.39. The molecule has 0 unspecified atom stereocenters. The summed E-state index contributed by atoms with van der Waals surface area (Å²) in [5, 5.41) is 1.09. The van der Waals surface area contributed by atoms with Crippen LogP contribution in [0.1, 0.15) is 40.7 Å². The lowest BCUT2D eigenvalue weighted by molar-refractivity contribution is 0.287. The fourth-order valence-corrected chi connectivity index (χ4v) is 4.57. The zero-order valence-electron chi connectivity index (χ0n) is 15.8. The summed E-state index contributed by atoms with van der Waals surface area (Å²) in [6.45, 7) is 5.43. The predicted octanol–water partition coefficient (Wildman–Crippen LogP) is 4.65. The van der Waals surface area contributed by atoms with Crippen LogP contribution in [0.5, 0.6) is 5.75 Å². The van der Waals surface area contributed by atoms with Gasteiger partial charge in [0, 0.05) is 34.3 Å². The third kappa shape index (κ3) is 2.54. The Morgan fingerprint density at radius 2 is 1.81 bits per heavy atom. The molecule has 1 aliphatic carbocycles. The molecule has 0 N–H and O–H groups in total. The van der Waals surface area contributed by atoms with E-state index in [4.69, 9.17) is 9.15 Å². The summed E-state index contributed by atoms with van der Waals surface area (Å²) in [5.41, 5.74) is 7.13. The quantitative estimate of drug-likeness (QED) is 0.592. The maximum Gasteiger partial charge on any atom is 0.339 e. The van der Waals surface area contributed by atoms with Crippen LogP contribution in [0.3, 0.4) is 0 Å². The van der Waals surface area contributed by atoms with E-state index in [1.165, 1.54) is 16.8 Å². The second-order valence-electron chi connectivity index (χ2n) is 7.68. The van der Waals surface area contributed by atoms with Crippen LogP contribution in [-0.4, -0.2) is 6.73 Å². The number of ether oxygens (including phenoxy) is 1. The van der Waals surface area contributed by atoms with Gasteiger partial charge in [-0.1, -0.05) is 18.2 Å². The molecule has 0 saturated carbocycles. The van der Waals surface area contributed by atoms with Gasteiger partial charge >= 0.3 is 5.63 Å². The predicted molar refractivity (Wildman–Crippen MR) is 107 cm³/mol. The van der Waals surface area contributed by atoms with Gasteiger partial charge in [0.2, 0.25) is 0 Å². The van der Waals surface area contributed by atoms with Crippen LogP contribution in [0.4, 0.5) is 5.69 Å². The van der Waals surface area contributed by atoms with E-state index in [2.05, 4.69) is 42.2 Å². The van der Waals surface area contributed by atoms with Crippen molar-refractivity contribution in [3.05, 3.63) is 68.6 Å². The summed E-state index contributed by atoms with van der Waals surface area (Å²) in [5.74, 6) is 0.867. The standard InChI is InChI=1S/C23H23NO3/c1-14-7-3-6-10-20(14)24-12-16-11-19-17-8-4-5-9-18(17)23(25)27-22(19)15(2)21(16)26-13-24/h3,6-7,10-11H,4-5,8-9,12-13H2,1-2H3. The van der Waals surface area contributed by atoms with Gasteiger partial charge in [-0.3, -0.25) is 0 Å². The maximum absolute atomic E-state index is 12.5. The highest BCUT2D eigenvalue weighted by Gasteiger charge is 2.26. The zero-order chi connectivity index (χ0) is 18.5.